The summed E-state index contributed by atoms with van der Waals surface area (Å²) in [5, 5.41) is 30.7. The van der Waals surface area contributed by atoms with Gasteiger partial charge in [-0.2, -0.15) is 0 Å². The first-order chi connectivity index (χ1) is 25.0. The molecule has 6 heteroatoms. The molecule has 0 aromatic carbocycles. The zero-order valence-electron chi connectivity index (χ0n) is 35.2. The Morgan fingerprint density at radius 2 is 1.19 bits per heavy atom. The van der Waals surface area contributed by atoms with Crippen LogP contribution in [0.4, 0.5) is 0 Å². The zero-order chi connectivity index (χ0) is 38.2. The van der Waals surface area contributed by atoms with Gasteiger partial charge in [0.1, 0.15) is 0 Å². The highest BCUT2D eigenvalue weighted by atomic mass is 31.0. The minimum atomic E-state index is -0.635. The van der Waals surface area contributed by atoms with Gasteiger partial charge in [0.15, 0.2) is 0 Å². The molecule has 0 amide bonds. The van der Waals surface area contributed by atoms with Crippen LogP contribution in [0, 0.1) is 98.6 Å². The van der Waals surface area contributed by atoms with Gasteiger partial charge >= 0.3 is 5.97 Å². The lowest BCUT2D eigenvalue weighted by atomic mass is 9.43. The minimum Gasteiger partial charge on any atom is -0.481 e. The van der Waals surface area contributed by atoms with Crippen molar-refractivity contribution in [2.75, 3.05) is 0 Å². The van der Waals surface area contributed by atoms with Gasteiger partial charge in [-0.15, -0.1) is 0 Å². The van der Waals surface area contributed by atoms with Gasteiger partial charge in [-0.1, -0.05) is 68.2 Å². The summed E-state index contributed by atoms with van der Waals surface area (Å²) in [5.74, 6) is 8.16. The van der Waals surface area contributed by atoms with E-state index >= 15 is 0 Å². The molecule has 0 radical (unpaired) electrons. The van der Waals surface area contributed by atoms with Crippen LogP contribution in [0.5, 0.6) is 0 Å². The van der Waals surface area contributed by atoms with Crippen molar-refractivity contribution in [1.82, 2.24) is 0 Å². The molecule has 8 aliphatic carbocycles. The second-order valence-electron chi connectivity index (χ2n) is 22.4. The number of carboxylic acids is 1. The lowest BCUT2D eigenvalue weighted by Crippen LogP contribution is -2.58. The Hall–Kier alpha value is -0.220. The molecule has 0 saturated heterocycles. The van der Waals surface area contributed by atoms with Crippen LogP contribution in [0.15, 0.2) is 0 Å². The predicted molar refractivity (Wildman–Crippen MR) is 218 cm³/mol. The maximum absolute atomic E-state index is 11.4. The number of aliphatic carboxylic acids is 1. The normalized spacial score (nSPS) is 54.0. The van der Waals surface area contributed by atoms with Crippen LogP contribution in [-0.4, -0.2) is 39.6 Å². The smallest absolute Gasteiger partial charge is 0.303 e. The minimum absolute atomic E-state index is 0.128. The van der Waals surface area contributed by atoms with Crippen molar-refractivity contribution in [3.05, 3.63) is 0 Å². The lowest BCUT2D eigenvalue weighted by Gasteiger charge is -2.63. The average Bonchev–Trinajstić information content (AvgIpc) is 3.65. The highest BCUT2D eigenvalue weighted by Crippen LogP contribution is 2.70. The number of aliphatic hydroxyl groups is 2. The molecule has 53 heavy (non-hydrogen) atoms. The number of fused-ring (bicyclic) bond motifs is 10. The molecule has 8 aliphatic rings. The van der Waals surface area contributed by atoms with E-state index < -0.39 is 5.97 Å². The van der Waals surface area contributed by atoms with E-state index in [9.17, 15) is 20.1 Å². The third kappa shape index (κ3) is 6.76. The second kappa shape index (κ2) is 15.2. The summed E-state index contributed by atoms with van der Waals surface area (Å²) in [6.45, 7) is 19.6. The Balaban J connectivity index is 0.000000165. The van der Waals surface area contributed by atoms with E-state index in [1.54, 1.807) is 0 Å². The van der Waals surface area contributed by atoms with Crippen molar-refractivity contribution in [3.63, 3.8) is 0 Å². The maximum Gasteiger partial charge on any atom is 0.303 e. The Kier molecular flexibility index (Phi) is 11.7. The number of hydrogen-bond donors (Lipinski definition) is 3. The lowest BCUT2D eigenvalue weighted by molar-refractivity contribution is -0.174. The van der Waals surface area contributed by atoms with Crippen molar-refractivity contribution in [3.8, 4) is 0 Å². The summed E-state index contributed by atoms with van der Waals surface area (Å²) in [6, 6.07) is 0. The topological polar surface area (TPSA) is 87.0 Å². The summed E-state index contributed by atoms with van der Waals surface area (Å²) in [7, 11) is 2.61. The predicted octanol–water partition coefficient (Wildman–Crippen LogP) is 11.2. The van der Waals surface area contributed by atoms with E-state index in [4.69, 9.17) is 4.52 Å². The van der Waals surface area contributed by atoms with Crippen molar-refractivity contribution >= 4 is 15.4 Å². The monoisotopic (exact) mass is 757 g/mol. The molecule has 0 spiro atoms. The van der Waals surface area contributed by atoms with E-state index in [0.29, 0.717) is 69.7 Å². The van der Waals surface area contributed by atoms with Crippen molar-refractivity contribution in [2.45, 2.75) is 189 Å². The van der Waals surface area contributed by atoms with Crippen LogP contribution in [0.25, 0.3) is 0 Å². The molecule has 8 fully saturated rings. The van der Waals surface area contributed by atoms with Crippen molar-refractivity contribution in [2.24, 2.45) is 98.6 Å². The number of aliphatic hydroxyl groups excluding tert-OH is 2. The summed E-state index contributed by atoms with van der Waals surface area (Å²) in [5.41, 5.74) is 1.60. The Morgan fingerprint density at radius 1 is 0.679 bits per heavy atom. The van der Waals surface area contributed by atoms with E-state index in [0.717, 1.165) is 54.8 Å². The third-order valence-corrected chi connectivity index (χ3v) is 20.8. The van der Waals surface area contributed by atoms with Crippen LogP contribution < -0.4 is 0 Å². The van der Waals surface area contributed by atoms with Gasteiger partial charge in [0.05, 0.1) is 18.3 Å². The fourth-order valence-electron chi connectivity index (χ4n) is 17.4. The molecule has 0 aliphatic heterocycles. The van der Waals surface area contributed by atoms with Gasteiger partial charge in [-0.3, -0.25) is 4.79 Å². The maximum atomic E-state index is 11.4. The second-order valence-corrected chi connectivity index (χ2v) is 22.7. The molecule has 21 atom stereocenters. The first kappa shape index (κ1) is 41.0. The number of carboxylic acid groups (broad SMARTS) is 1. The fourth-order valence-corrected chi connectivity index (χ4v) is 17.7. The largest absolute Gasteiger partial charge is 0.481 e. The Bertz CT molecular complexity index is 1310. The molecular weight excluding hydrogens is 675 g/mol. The van der Waals surface area contributed by atoms with E-state index in [1.165, 1.54) is 89.9 Å². The van der Waals surface area contributed by atoms with Gasteiger partial charge in [0, 0.05) is 15.9 Å². The van der Waals surface area contributed by atoms with Crippen LogP contribution in [0.3, 0.4) is 0 Å². The van der Waals surface area contributed by atoms with Gasteiger partial charge in [0.2, 0.25) is 0 Å². The summed E-state index contributed by atoms with van der Waals surface area (Å²) in [6.07, 6.45) is 21.6. The van der Waals surface area contributed by atoms with E-state index in [1.807, 2.05) is 0 Å². The number of carbonyl (C=O) groups is 1. The molecule has 0 bridgehead atoms. The van der Waals surface area contributed by atoms with E-state index in [2.05, 4.69) is 64.9 Å². The first-order valence-electron chi connectivity index (χ1n) is 22.9. The molecular formula is C47H81O5P. The van der Waals surface area contributed by atoms with Crippen LogP contribution >= 0.6 is 9.47 Å². The van der Waals surface area contributed by atoms with Crippen LogP contribution in [-0.2, 0) is 9.32 Å². The third-order valence-electron chi connectivity index (χ3n) is 20.4. The van der Waals surface area contributed by atoms with Gasteiger partial charge in [-0.05, 0) is 195 Å². The van der Waals surface area contributed by atoms with E-state index in [-0.39, 0.29) is 18.1 Å². The SMILES string of the molecule is CC[C@@H](C)[C@H]1CCC2[C@@H]3C(O)C[C@@H]4C[C@H](O)CC[C@]4(C)C3CC[C@@]21C.C[C@@H]1CC[C@]2(C)C3CC[C@@]4(C)C(CC[C@@H]4[C@H](C)CC(=O)O)[C@@H]3C(OP)C[C@@H]2C1. The summed E-state index contributed by atoms with van der Waals surface area (Å²) >= 11 is 0. The molecule has 8 saturated carbocycles. The molecule has 0 aromatic heterocycles. The van der Waals surface area contributed by atoms with Gasteiger partial charge in [0.25, 0.3) is 0 Å². The van der Waals surface area contributed by atoms with Crippen molar-refractivity contribution in [1.29, 1.82) is 0 Å². The molecule has 0 aromatic rings. The van der Waals surface area contributed by atoms with Crippen LogP contribution in [0.1, 0.15) is 171 Å². The first-order valence-corrected chi connectivity index (χ1v) is 23.4. The molecule has 304 valence electrons. The van der Waals surface area contributed by atoms with Gasteiger partial charge < -0.3 is 19.8 Å². The average molecular weight is 757 g/mol. The van der Waals surface area contributed by atoms with Crippen LogP contribution in [0.2, 0.25) is 0 Å². The summed E-state index contributed by atoms with van der Waals surface area (Å²) < 4.78 is 6.13. The quantitative estimate of drug-likeness (QED) is 0.235. The highest BCUT2D eigenvalue weighted by Gasteiger charge is 2.64. The Morgan fingerprint density at radius 3 is 1.77 bits per heavy atom. The number of hydrogen-bond acceptors (Lipinski definition) is 4. The molecule has 3 N–H and O–H groups in total. The highest BCUT2D eigenvalue weighted by molar-refractivity contribution is 7.09. The number of rotatable bonds is 6. The molecule has 5 nitrogen and oxygen atoms in total. The Labute approximate surface area is 327 Å². The van der Waals surface area contributed by atoms with Crippen molar-refractivity contribution < 1.29 is 24.6 Å². The molecule has 8 rings (SSSR count). The summed E-state index contributed by atoms with van der Waals surface area (Å²) in [4.78, 5) is 11.4. The van der Waals surface area contributed by atoms with Gasteiger partial charge in [-0.25, -0.2) is 0 Å². The standard InChI is InChI=1S/C24H41O3P.C23H40O2/c1-14-7-9-23(3)16(11-14)13-20(27-28)22-18-6-5-17(15(2)12-21(25)26)24(18,4)10-8-19(22)23;1-5-14(2)17-6-7-18-21-19(9-11-23(17,18)4)22(3)10-8-16(24)12-15(22)13-20(21)25/h14-20,22H,5-13,28H2,1-4H3,(H,25,26);14-21,24-25H,5-13H2,1-4H3/t14-,15-,16+,17-,18?,19?,20?,22+,23+,24-;14-,15+,16-,17-,18?,19?,20?,21+,22+,23-/m11/s1. The fraction of sp³-hybridized carbons (Fsp3) is 0.979. The zero-order valence-corrected chi connectivity index (χ0v) is 36.4. The molecule has 0 heterocycles. The molecule has 7 unspecified atom stereocenters.